The molecule has 21 heavy (non-hydrogen) atoms. The highest BCUT2D eigenvalue weighted by molar-refractivity contribution is 7.81. The largest absolute Gasteiger partial charge is 0.488 e. The van der Waals surface area contributed by atoms with Gasteiger partial charge in [-0.1, -0.05) is 31.6 Å². The Balaban J connectivity index is 2.04. The van der Waals surface area contributed by atoms with E-state index in [-0.39, 0.29) is 28.4 Å². The molecular formula is C14H18FNO4S. The first-order chi connectivity index (χ1) is 9.45. The molecule has 0 atom stereocenters. The molecule has 0 bridgehead atoms. The first-order valence-corrected chi connectivity index (χ1v) is 7.81. The quantitative estimate of drug-likeness (QED) is 0.867. The number of hydrogen-bond acceptors (Lipinski definition) is 4. The lowest BCUT2D eigenvalue weighted by molar-refractivity contribution is -0.118. The zero-order valence-electron chi connectivity index (χ0n) is 12.3. The van der Waals surface area contributed by atoms with Gasteiger partial charge >= 0.3 is 10.5 Å². The van der Waals surface area contributed by atoms with Gasteiger partial charge in [0.2, 0.25) is 5.91 Å². The van der Waals surface area contributed by atoms with Crippen LogP contribution in [0.2, 0.25) is 0 Å². The molecule has 1 aromatic carbocycles. The Labute approximate surface area is 123 Å². The van der Waals surface area contributed by atoms with E-state index < -0.39 is 10.5 Å². The molecule has 7 heteroatoms. The second-order valence-corrected chi connectivity index (χ2v) is 7.32. The van der Waals surface area contributed by atoms with Gasteiger partial charge in [-0.05, 0) is 35.1 Å². The molecule has 0 radical (unpaired) electrons. The van der Waals surface area contributed by atoms with Crippen molar-refractivity contribution in [1.29, 1.82) is 0 Å². The van der Waals surface area contributed by atoms with Gasteiger partial charge in [0.1, 0.15) is 5.75 Å². The van der Waals surface area contributed by atoms with E-state index >= 15 is 0 Å². The monoisotopic (exact) mass is 315 g/mol. The van der Waals surface area contributed by atoms with Gasteiger partial charge in [-0.25, -0.2) is 0 Å². The van der Waals surface area contributed by atoms with Crippen LogP contribution in [-0.4, -0.2) is 14.3 Å². The second kappa shape index (κ2) is 4.69. The van der Waals surface area contributed by atoms with Crippen LogP contribution in [0.15, 0.2) is 24.3 Å². The van der Waals surface area contributed by atoms with Crippen molar-refractivity contribution in [3.63, 3.8) is 0 Å². The summed E-state index contributed by atoms with van der Waals surface area (Å²) in [5.74, 6) is -0.327. The third kappa shape index (κ3) is 3.02. The van der Waals surface area contributed by atoms with Crippen molar-refractivity contribution in [3.05, 3.63) is 24.3 Å². The van der Waals surface area contributed by atoms with E-state index in [1.807, 2.05) is 27.7 Å². The summed E-state index contributed by atoms with van der Waals surface area (Å²) in [6.45, 7) is 8.17. The highest BCUT2D eigenvalue weighted by Crippen LogP contribution is 2.68. The molecule has 0 aliphatic heterocycles. The average molecular weight is 315 g/mol. The first kappa shape index (κ1) is 15.8. The maximum Gasteiger partial charge on any atom is 0.488 e. The summed E-state index contributed by atoms with van der Waals surface area (Å²) < 4.78 is 37.1. The number of rotatable bonds is 4. The predicted molar refractivity (Wildman–Crippen MR) is 76.8 cm³/mol. The summed E-state index contributed by atoms with van der Waals surface area (Å²) >= 11 is 0. The number of anilines is 1. The summed E-state index contributed by atoms with van der Waals surface area (Å²) in [5.41, 5.74) is 0.368. The zero-order valence-corrected chi connectivity index (χ0v) is 13.1. The molecule has 1 aliphatic carbocycles. The fourth-order valence-corrected chi connectivity index (χ4v) is 3.12. The summed E-state index contributed by atoms with van der Waals surface area (Å²) in [7, 11) is -5.03. The molecule has 1 amide bonds. The molecule has 116 valence electrons. The minimum absolute atomic E-state index is 0.0670. The number of hydrogen-bond donors (Lipinski definition) is 1. The van der Waals surface area contributed by atoms with Gasteiger partial charge in [0.25, 0.3) is 0 Å². The molecule has 0 spiro atoms. The molecule has 2 rings (SSSR count). The van der Waals surface area contributed by atoms with E-state index in [2.05, 4.69) is 9.50 Å². The van der Waals surface area contributed by atoms with E-state index in [0.29, 0.717) is 5.69 Å². The van der Waals surface area contributed by atoms with E-state index in [1.165, 1.54) is 24.3 Å². The van der Waals surface area contributed by atoms with Crippen LogP contribution in [0.3, 0.4) is 0 Å². The number of carbonyl (C=O) groups excluding carboxylic acids is 1. The van der Waals surface area contributed by atoms with Crippen LogP contribution in [0.4, 0.5) is 9.57 Å². The Morgan fingerprint density at radius 2 is 1.62 bits per heavy atom. The predicted octanol–water partition coefficient (Wildman–Crippen LogP) is 2.90. The van der Waals surface area contributed by atoms with Gasteiger partial charge in [0.15, 0.2) is 0 Å². The van der Waals surface area contributed by atoms with Crippen molar-refractivity contribution in [2.24, 2.45) is 16.7 Å². The Morgan fingerprint density at radius 1 is 1.14 bits per heavy atom. The highest BCUT2D eigenvalue weighted by atomic mass is 32.3. The minimum Gasteiger partial charge on any atom is -0.358 e. The lowest BCUT2D eigenvalue weighted by atomic mass is 10.0. The first-order valence-electron chi connectivity index (χ1n) is 6.50. The molecule has 1 saturated carbocycles. The van der Waals surface area contributed by atoms with Crippen molar-refractivity contribution in [2.45, 2.75) is 27.7 Å². The van der Waals surface area contributed by atoms with Crippen LogP contribution in [0, 0.1) is 16.7 Å². The third-order valence-electron chi connectivity index (χ3n) is 4.60. The third-order valence-corrected chi connectivity index (χ3v) is 4.99. The fraction of sp³-hybridized carbons (Fsp3) is 0.500. The smallest absolute Gasteiger partial charge is 0.358 e. The average Bonchev–Trinajstić information content (AvgIpc) is 2.70. The van der Waals surface area contributed by atoms with Gasteiger partial charge in [-0.3, -0.25) is 4.79 Å². The van der Waals surface area contributed by atoms with E-state index in [9.17, 15) is 17.1 Å². The molecule has 5 nitrogen and oxygen atoms in total. The van der Waals surface area contributed by atoms with Crippen molar-refractivity contribution in [2.75, 3.05) is 5.32 Å². The topological polar surface area (TPSA) is 72.5 Å². The molecular weight excluding hydrogens is 297 g/mol. The number of amides is 1. The van der Waals surface area contributed by atoms with Gasteiger partial charge in [0, 0.05) is 11.6 Å². The standard InChI is InChI=1S/C14H18FNO4S/c1-13(2)11(14(13,3)4)12(17)16-9-5-7-10(8-6-9)20-21(15,18)19/h5-8,11H,1-4H3,(H,16,17). The van der Waals surface area contributed by atoms with Crippen molar-refractivity contribution < 1.29 is 21.3 Å². The van der Waals surface area contributed by atoms with Crippen molar-refractivity contribution in [1.82, 2.24) is 0 Å². The van der Waals surface area contributed by atoms with Crippen molar-refractivity contribution >= 4 is 22.1 Å². The lowest BCUT2D eigenvalue weighted by Crippen LogP contribution is -2.17. The van der Waals surface area contributed by atoms with E-state index in [0.717, 1.165) is 0 Å². The molecule has 1 fully saturated rings. The maximum absolute atomic E-state index is 12.4. The Kier molecular flexibility index (Phi) is 3.52. The normalized spacial score (nSPS) is 19.9. The molecule has 0 unspecified atom stereocenters. The van der Waals surface area contributed by atoms with E-state index in [1.54, 1.807) is 0 Å². The molecule has 1 aromatic rings. The summed E-state index contributed by atoms with van der Waals surface area (Å²) in [6, 6.07) is 5.47. The molecule has 1 N–H and O–H groups in total. The highest BCUT2D eigenvalue weighted by Gasteiger charge is 2.68. The molecule has 0 saturated heterocycles. The molecule has 0 aromatic heterocycles. The number of carbonyl (C=O) groups is 1. The number of benzene rings is 1. The van der Waals surface area contributed by atoms with Crippen LogP contribution in [0.25, 0.3) is 0 Å². The van der Waals surface area contributed by atoms with Crippen LogP contribution < -0.4 is 9.50 Å². The zero-order chi connectivity index (χ0) is 16.1. The second-order valence-electron chi connectivity index (χ2n) is 6.37. The SMILES string of the molecule is CC1(C)C(C(=O)Nc2ccc(OS(=O)(=O)F)cc2)C1(C)C. The summed E-state index contributed by atoms with van der Waals surface area (Å²) in [5, 5.41) is 2.77. The lowest BCUT2D eigenvalue weighted by Gasteiger charge is -2.07. The van der Waals surface area contributed by atoms with Gasteiger partial charge in [0.05, 0.1) is 0 Å². The van der Waals surface area contributed by atoms with Gasteiger partial charge in [-0.15, -0.1) is 0 Å². The van der Waals surface area contributed by atoms with Gasteiger partial charge in [-0.2, -0.15) is 8.42 Å². The van der Waals surface area contributed by atoms with Gasteiger partial charge < -0.3 is 9.50 Å². The fourth-order valence-electron chi connectivity index (χ4n) is 2.78. The maximum atomic E-state index is 12.4. The van der Waals surface area contributed by atoms with E-state index in [4.69, 9.17) is 0 Å². The Hall–Kier alpha value is -1.63. The van der Waals surface area contributed by atoms with Crippen LogP contribution >= 0.6 is 0 Å². The number of nitrogens with one attached hydrogen (secondary N) is 1. The Bertz CT molecular complexity index is 651. The molecule has 0 heterocycles. The number of halogens is 1. The Morgan fingerprint density at radius 3 is 2.00 bits per heavy atom. The molecule has 1 aliphatic rings. The van der Waals surface area contributed by atoms with Crippen molar-refractivity contribution in [3.8, 4) is 5.75 Å². The minimum atomic E-state index is -5.03. The van der Waals surface area contributed by atoms with Crippen LogP contribution in [-0.2, 0) is 15.3 Å². The summed E-state index contributed by atoms with van der Waals surface area (Å²) in [6.07, 6.45) is 0. The van der Waals surface area contributed by atoms with Crippen LogP contribution in [0.1, 0.15) is 27.7 Å². The summed E-state index contributed by atoms with van der Waals surface area (Å²) in [4.78, 5) is 12.2. The van der Waals surface area contributed by atoms with Crippen LogP contribution in [0.5, 0.6) is 5.75 Å².